The predicted octanol–water partition coefficient (Wildman–Crippen LogP) is 2.43. The van der Waals surface area contributed by atoms with Crippen LogP contribution in [-0.2, 0) is 11.3 Å². The van der Waals surface area contributed by atoms with E-state index in [9.17, 15) is 4.79 Å². The highest BCUT2D eigenvalue weighted by molar-refractivity contribution is 5.78. The van der Waals surface area contributed by atoms with E-state index in [2.05, 4.69) is 5.32 Å². The van der Waals surface area contributed by atoms with Crippen LogP contribution in [0.3, 0.4) is 0 Å². The molecule has 20 heavy (non-hydrogen) atoms. The number of hydrogen-bond donors (Lipinski definition) is 1. The second-order valence-electron chi connectivity index (χ2n) is 4.94. The zero-order chi connectivity index (χ0) is 15.0. The maximum absolute atomic E-state index is 11.9. The number of nitrogens with one attached hydrogen (secondary N) is 1. The first-order valence-corrected chi connectivity index (χ1v) is 7.31. The van der Waals surface area contributed by atoms with Crippen LogP contribution in [0.25, 0.3) is 0 Å². The van der Waals surface area contributed by atoms with E-state index in [4.69, 9.17) is 4.74 Å². The topological polar surface area (TPSA) is 41.6 Å². The molecular formula is C16H26N2O2. The number of likely N-dealkylation sites (N-methyl/N-ethyl adjacent to an activating group) is 1. The van der Waals surface area contributed by atoms with E-state index in [0.717, 1.165) is 24.4 Å². The molecule has 1 amide bonds. The minimum atomic E-state index is 0.136. The summed E-state index contributed by atoms with van der Waals surface area (Å²) in [6, 6.07) is 7.93. The molecule has 0 saturated carbocycles. The number of ether oxygens (including phenoxy) is 1. The van der Waals surface area contributed by atoms with Crippen molar-refractivity contribution in [2.24, 2.45) is 0 Å². The molecule has 0 fully saturated rings. The van der Waals surface area contributed by atoms with Crippen LogP contribution < -0.4 is 10.1 Å². The molecule has 0 saturated heterocycles. The Bertz CT molecular complexity index is 415. The van der Waals surface area contributed by atoms with Crippen LogP contribution >= 0.6 is 0 Å². The third-order valence-corrected chi connectivity index (χ3v) is 3.04. The van der Waals surface area contributed by atoms with Gasteiger partial charge in [0, 0.05) is 25.2 Å². The van der Waals surface area contributed by atoms with Crippen molar-refractivity contribution < 1.29 is 9.53 Å². The molecule has 0 bridgehead atoms. The molecule has 0 aliphatic carbocycles. The van der Waals surface area contributed by atoms with Crippen LogP contribution in [0.4, 0.5) is 0 Å². The molecule has 0 spiro atoms. The summed E-state index contributed by atoms with van der Waals surface area (Å²) in [5.41, 5.74) is 1.08. The van der Waals surface area contributed by atoms with Gasteiger partial charge in [-0.1, -0.05) is 18.2 Å². The summed E-state index contributed by atoms with van der Waals surface area (Å²) in [5, 5.41) is 3.19. The van der Waals surface area contributed by atoms with Crippen LogP contribution in [-0.4, -0.2) is 36.5 Å². The molecule has 1 rings (SSSR count). The Morgan fingerprint density at radius 1 is 1.25 bits per heavy atom. The lowest BCUT2D eigenvalue weighted by Gasteiger charge is -2.19. The summed E-state index contributed by atoms with van der Waals surface area (Å²) in [6.07, 6.45) is 0.147. The quantitative estimate of drug-likeness (QED) is 0.794. The second-order valence-corrected chi connectivity index (χ2v) is 4.94. The molecule has 0 atom stereocenters. The molecule has 0 aliphatic heterocycles. The SMILES string of the molecule is CCN(CC)C(=O)CNCc1ccccc1OC(C)C. The number of hydrogen-bond acceptors (Lipinski definition) is 3. The average Bonchev–Trinajstić information content (AvgIpc) is 2.41. The maximum atomic E-state index is 11.9. The molecule has 0 aliphatic rings. The standard InChI is InChI=1S/C16H26N2O2/c1-5-18(6-2)16(19)12-17-11-14-9-7-8-10-15(14)20-13(3)4/h7-10,13,17H,5-6,11-12H2,1-4H3. The summed E-state index contributed by atoms with van der Waals surface area (Å²) < 4.78 is 5.76. The van der Waals surface area contributed by atoms with E-state index in [-0.39, 0.29) is 12.0 Å². The van der Waals surface area contributed by atoms with Gasteiger partial charge >= 0.3 is 0 Å². The molecule has 0 unspecified atom stereocenters. The zero-order valence-corrected chi connectivity index (χ0v) is 13.0. The highest BCUT2D eigenvalue weighted by Crippen LogP contribution is 2.18. The summed E-state index contributed by atoms with van der Waals surface area (Å²) >= 11 is 0. The van der Waals surface area contributed by atoms with Crippen molar-refractivity contribution in [3.05, 3.63) is 29.8 Å². The van der Waals surface area contributed by atoms with E-state index >= 15 is 0 Å². The summed E-state index contributed by atoms with van der Waals surface area (Å²) in [7, 11) is 0. The number of carbonyl (C=O) groups is 1. The fourth-order valence-corrected chi connectivity index (χ4v) is 2.01. The van der Waals surface area contributed by atoms with E-state index in [1.807, 2.05) is 56.9 Å². The lowest BCUT2D eigenvalue weighted by molar-refractivity contribution is -0.129. The number of benzene rings is 1. The molecule has 4 nitrogen and oxygen atoms in total. The largest absolute Gasteiger partial charge is 0.491 e. The molecule has 1 aromatic rings. The van der Waals surface area contributed by atoms with Gasteiger partial charge in [0.15, 0.2) is 0 Å². The molecule has 0 aromatic heterocycles. The maximum Gasteiger partial charge on any atom is 0.236 e. The Hall–Kier alpha value is -1.55. The Morgan fingerprint density at radius 3 is 2.50 bits per heavy atom. The fourth-order valence-electron chi connectivity index (χ4n) is 2.01. The number of amides is 1. The lowest BCUT2D eigenvalue weighted by Crippen LogP contribution is -2.37. The van der Waals surface area contributed by atoms with Gasteiger partial charge in [0.2, 0.25) is 5.91 Å². The first-order valence-electron chi connectivity index (χ1n) is 7.31. The third-order valence-electron chi connectivity index (χ3n) is 3.04. The third kappa shape index (κ3) is 5.21. The number of para-hydroxylation sites is 1. The van der Waals surface area contributed by atoms with Crippen LogP contribution in [0.5, 0.6) is 5.75 Å². The first kappa shape index (κ1) is 16.5. The number of rotatable bonds is 8. The Balaban J connectivity index is 2.51. The number of carbonyl (C=O) groups excluding carboxylic acids is 1. The molecule has 112 valence electrons. The normalized spacial score (nSPS) is 10.7. The van der Waals surface area contributed by atoms with E-state index < -0.39 is 0 Å². The van der Waals surface area contributed by atoms with Crippen molar-refractivity contribution in [1.82, 2.24) is 10.2 Å². The van der Waals surface area contributed by atoms with Crippen molar-refractivity contribution in [3.8, 4) is 5.75 Å². The lowest BCUT2D eigenvalue weighted by atomic mass is 10.2. The zero-order valence-electron chi connectivity index (χ0n) is 13.0. The Labute approximate surface area is 122 Å². The van der Waals surface area contributed by atoms with Crippen LogP contribution in [0.15, 0.2) is 24.3 Å². The highest BCUT2D eigenvalue weighted by atomic mass is 16.5. The van der Waals surface area contributed by atoms with Gasteiger partial charge in [-0.15, -0.1) is 0 Å². The molecule has 4 heteroatoms. The molecule has 0 radical (unpaired) electrons. The highest BCUT2D eigenvalue weighted by Gasteiger charge is 2.09. The average molecular weight is 278 g/mol. The van der Waals surface area contributed by atoms with Crippen LogP contribution in [0.2, 0.25) is 0 Å². The van der Waals surface area contributed by atoms with Crippen LogP contribution in [0.1, 0.15) is 33.3 Å². The summed E-state index contributed by atoms with van der Waals surface area (Å²) in [6.45, 7) is 10.5. The van der Waals surface area contributed by atoms with Crippen molar-refractivity contribution in [2.45, 2.75) is 40.3 Å². The first-order chi connectivity index (χ1) is 9.58. The summed E-state index contributed by atoms with van der Waals surface area (Å²) in [5.74, 6) is 1.02. The molecule has 1 N–H and O–H groups in total. The molecule has 1 aromatic carbocycles. The second kappa shape index (κ2) is 8.59. The Morgan fingerprint density at radius 2 is 1.90 bits per heavy atom. The fraction of sp³-hybridized carbons (Fsp3) is 0.562. The molecular weight excluding hydrogens is 252 g/mol. The van der Waals surface area contributed by atoms with Gasteiger partial charge in [-0.25, -0.2) is 0 Å². The predicted molar refractivity (Wildman–Crippen MR) is 81.8 cm³/mol. The summed E-state index contributed by atoms with van der Waals surface area (Å²) in [4.78, 5) is 13.7. The van der Waals surface area contributed by atoms with Gasteiger partial charge in [0.05, 0.1) is 12.6 Å². The number of nitrogens with zero attached hydrogens (tertiary/aromatic N) is 1. The van der Waals surface area contributed by atoms with E-state index in [0.29, 0.717) is 13.1 Å². The van der Waals surface area contributed by atoms with Crippen molar-refractivity contribution >= 4 is 5.91 Å². The molecule has 0 heterocycles. The monoisotopic (exact) mass is 278 g/mol. The van der Waals surface area contributed by atoms with E-state index in [1.165, 1.54) is 0 Å². The Kier molecular flexibility index (Phi) is 7.09. The van der Waals surface area contributed by atoms with Gasteiger partial charge in [-0.3, -0.25) is 4.79 Å². The van der Waals surface area contributed by atoms with Crippen molar-refractivity contribution in [1.29, 1.82) is 0 Å². The van der Waals surface area contributed by atoms with Crippen molar-refractivity contribution in [2.75, 3.05) is 19.6 Å². The van der Waals surface area contributed by atoms with E-state index in [1.54, 1.807) is 0 Å². The van der Waals surface area contributed by atoms with Gasteiger partial charge < -0.3 is 15.0 Å². The minimum absolute atomic E-state index is 0.136. The van der Waals surface area contributed by atoms with Crippen molar-refractivity contribution in [3.63, 3.8) is 0 Å². The van der Waals surface area contributed by atoms with Gasteiger partial charge in [-0.05, 0) is 33.8 Å². The smallest absolute Gasteiger partial charge is 0.236 e. The van der Waals surface area contributed by atoms with Gasteiger partial charge in [-0.2, -0.15) is 0 Å². The van der Waals surface area contributed by atoms with Crippen LogP contribution in [0, 0.1) is 0 Å². The minimum Gasteiger partial charge on any atom is -0.491 e. The van der Waals surface area contributed by atoms with Gasteiger partial charge in [0.25, 0.3) is 0 Å². The van der Waals surface area contributed by atoms with Gasteiger partial charge in [0.1, 0.15) is 5.75 Å².